The van der Waals surface area contributed by atoms with Crippen LogP contribution in [0.25, 0.3) is 42.2 Å². The number of likely N-dealkylation sites (tertiary alicyclic amines) is 2. The summed E-state index contributed by atoms with van der Waals surface area (Å²) in [6.07, 6.45) is 5.90. The van der Waals surface area contributed by atoms with Crippen LogP contribution in [0, 0.1) is 13.8 Å². The Morgan fingerprint density at radius 2 is 1.08 bits per heavy atom. The van der Waals surface area contributed by atoms with E-state index in [9.17, 15) is 9.59 Å². The molecule has 2 aliphatic heterocycles. The molecule has 12 nitrogen and oxygen atoms in total. The number of rotatable bonds is 14. The Labute approximate surface area is 392 Å². The lowest BCUT2D eigenvalue weighted by molar-refractivity contribution is -0.177. The van der Waals surface area contributed by atoms with Gasteiger partial charge in [0, 0.05) is 71.2 Å². The van der Waals surface area contributed by atoms with Crippen LogP contribution >= 0.6 is 22.7 Å². The van der Waals surface area contributed by atoms with Gasteiger partial charge in [0.15, 0.2) is 0 Å². The summed E-state index contributed by atoms with van der Waals surface area (Å²) in [5.74, 6) is -0.0970. The topological polar surface area (TPSA) is 135 Å². The van der Waals surface area contributed by atoms with E-state index in [-0.39, 0.29) is 25.3 Å². The van der Waals surface area contributed by atoms with E-state index >= 15 is 0 Å². The molecule has 342 valence electrons. The number of H-pyrrole nitrogens is 2. The highest BCUT2D eigenvalue weighted by molar-refractivity contribution is 7.19. The van der Waals surface area contributed by atoms with E-state index < -0.39 is 24.1 Å². The smallest absolute Gasteiger partial charge is 0.417 e. The van der Waals surface area contributed by atoms with Crippen molar-refractivity contribution in [2.75, 3.05) is 39.4 Å². The SMILES string of the molecule is Cc1cccc2sc(C3CCN(C[C@@H](COc4cccc5[nH]ccc45)OC(=O)C(=O)O[C@H](COc4cccc5[nH]ccc45)CN4CCC(c5nc6c(C)cccc6s5)CC4C)C(C)C3)nc12. The number of esters is 2. The highest BCUT2D eigenvalue weighted by Gasteiger charge is 2.35. The van der Waals surface area contributed by atoms with Crippen LogP contribution in [0.15, 0.2) is 97.3 Å². The molecule has 4 aromatic heterocycles. The van der Waals surface area contributed by atoms with E-state index in [2.05, 4.69) is 83.9 Å². The van der Waals surface area contributed by atoms with Gasteiger partial charge in [0.2, 0.25) is 0 Å². The van der Waals surface area contributed by atoms with Crippen LogP contribution in [0.5, 0.6) is 11.5 Å². The minimum Gasteiger partial charge on any atom is -0.489 e. The molecule has 2 N–H and O–H groups in total. The number of benzene rings is 4. The fourth-order valence-corrected chi connectivity index (χ4v) is 12.3. The van der Waals surface area contributed by atoms with Gasteiger partial charge in [-0.05, 0) is 126 Å². The molecule has 0 saturated carbocycles. The van der Waals surface area contributed by atoms with Crippen molar-refractivity contribution >= 4 is 76.9 Å². The van der Waals surface area contributed by atoms with Crippen LogP contribution in [0.3, 0.4) is 0 Å². The molecule has 6 heterocycles. The normalized spacial score (nSPS) is 20.5. The monoisotopic (exact) mass is 924 g/mol. The lowest BCUT2D eigenvalue weighted by Gasteiger charge is -2.39. The van der Waals surface area contributed by atoms with Crippen molar-refractivity contribution in [3.05, 3.63) is 118 Å². The number of hydrogen-bond acceptors (Lipinski definition) is 12. The first-order valence-corrected chi connectivity index (χ1v) is 24.8. The molecule has 6 atom stereocenters. The van der Waals surface area contributed by atoms with Gasteiger partial charge in [-0.15, -0.1) is 22.7 Å². The molecule has 2 fully saturated rings. The molecular weight excluding hydrogens is 869 g/mol. The Balaban J connectivity index is 0.832. The Morgan fingerprint density at radius 1 is 0.636 bits per heavy atom. The third-order valence-electron chi connectivity index (χ3n) is 13.6. The largest absolute Gasteiger partial charge is 0.489 e. The van der Waals surface area contributed by atoms with Gasteiger partial charge < -0.3 is 28.9 Å². The van der Waals surface area contributed by atoms with Gasteiger partial charge in [-0.3, -0.25) is 9.80 Å². The number of aromatic nitrogens is 4. The molecule has 0 bridgehead atoms. The lowest BCUT2D eigenvalue weighted by Crippen LogP contribution is -2.48. The fourth-order valence-electron chi connectivity index (χ4n) is 9.89. The van der Waals surface area contributed by atoms with Gasteiger partial charge in [0.25, 0.3) is 0 Å². The second-order valence-corrected chi connectivity index (χ2v) is 20.3. The summed E-state index contributed by atoms with van der Waals surface area (Å²) in [4.78, 5) is 49.2. The average Bonchev–Trinajstić information content (AvgIpc) is 4.16. The van der Waals surface area contributed by atoms with Crippen LogP contribution in [-0.4, -0.2) is 105 Å². The zero-order valence-corrected chi connectivity index (χ0v) is 39.5. The van der Waals surface area contributed by atoms with Crippen LogP contribution in [0.1, 0.15) is 72.5 Å². The summed E-state index contributed by atoms with van der Waals surface area (Å²) in [5.41, 5.74) is 6.44. The number of piperidine rings is 2. The van der Waals surface area contributed by atoms with Crippen LogP contribution in [0.2, 0.25) is 0 Å². The molecule has 0 aliphatic carbocycles. The van der Waals surface area contributed by atoms with E-state index in [1.807, 2.05) is 60.9 Å². The molecule has 2 saturated heterocycles. The first-order chi connectivity index (χ1) is 32.1. The number of para-hydroxylation sites is 2. The predicted octanol–water partition coefficient (Wildman–Crippen LogP) is 10.3. The number of carbonyl (C=O) groups is 2. The molecule has 2 aliphatic rings. The number of thiazole rings is 2. The Morgan fingerprint density at radius 3 is 1.50 bits per heavy atom. The van der Waals surface area contributed by atoms with E-state index in [1.165, 1.54) is 30.5 Å². The van der Waals surface area contributed by atoms with Gasteiger partial charge >= 0.3 is 11.9 Å². The molecular formula is C52H56N6O6S2. The van der Waals surface area contributed by atoms with Crippen molar-refractivity contribution in [1.29, 1.82) is 0 Å². The molecule has 4 unspecified atom stereocenters. The third kappa shape index (κ3) is 9.42. The maximum Gasteiger partial charge on any atom is 0.417 e. The summed E-state index contributed by atoms with van der Waals surface area (Å²) in [6, 6.07) is 28.6. The van der Waals surface area contributed by atoms with Crippen molar-refractivity contribution in [3.8, 4) is 11.5 Å². The summed E-state index contributed by atoms with van der Waals surface area (Å²) < 4.78 is 27.4. The van der Waals surface area contributed by atoms with Gasteiger partial charge in [-0.2, -0.15) is 0 Å². The van der Waals surface area contributed by atoms with Crippen LogP contribution in [0.4, 0.5) is 0 Å². The average molecular weight is 925 g/mol. The number of aromatic amines is 2. The molecule has 10 rings (SSSR count). The number of nitrogens with zero attached hydrogens (tertiary/aromatic N) is 4. The standard InChI is InChI=1S/C52H56N6O6S2/c1-31-9-5-15-45-47(31)55-49(65-45)35-19-23-57(33(3)25-35)27-37(29-61-43-13-7-11-41-39(43)17-21-53-41)63-51(59)52(60)64-38(30-62-44-14-8-12-42-40(44)18-22-54-42)28-58-24-20-36(26-34(58)4)50-56-48-32(2)10-6-16-46(48)66-50/h5-18,21-22,33-38,53-54H,19-20,23-30H2,1-4H3/t33?,34?,35?,36?,37-,38-/m0/s1. The second kappa shape index (κ2) is 19.2. The second-order valence-electron chi connectivity index (χ2n) is 18.1. The molecule has 8 aromatic rings. The number of hydrogen-bond donors (Lipinski definition) is 2. The van der Waals surface area contributed by atoms with Crippen molar-refractivity contribution in [2.24, 2.45) is 0 Å². The number of ether oxygens (including phenoxy) is 4. The summed E-state index contributed by atoms with van der Waals surface area (Å²) in [6.45, 7) is 11.1. The van der Waals surface area contributed by atoms with E-state index in [1.54, 1.807) is 22.7 Å². The lowest BCUT2D eigenvalue weighted by atomic mass is 9.92. The predicted molar refractivity (Wildman–Crippen MR) is 262 cm³/mol. The zero-order chi connectivity index (χ0) is 45.3. The van der Waals surface area contributed by atoms with Crippen molar-refractivity contribution in [3.63, 3.8) is 0 Å². The van der Waals surface area contributed by atoms with Crippen molar-refractivity contribution < 1.29 is 28.5 Å². The van der Waals surface area contributed by atoms with Crippen LogP contribution < -0.4 is 9.47 Å². The number of aryl methyl sites for hydroxylation is 2. The van der Waals surface area contributed by atoms with E-state index in [0.717, 1.165) is 71.6 Å². The zero-order valence-electron chi connectivity index (χ0n) is 37.8. The van der Waals surface area contributed by atoms with Gasteiger partial charge in [-0.25, -0.2) is 19.6 Å². The first-order valence-electron chi connectivity index (χ1n) is 23.1. The molecule has 0 spiro atoms. The maximum atomic E-state index is 14.0. The maximum absolute atomic E-state index is 14.0. The Hall–Kier alpha value is -5.80. The molecule has 14 heteroatoms. The Kier molecular flexibility index (Phi) is 12.8. The van der Waals surface area contributed by atoms with E-state index in [0.29, 0.717) is 36.4 Å². The molecule has 4 aromatic carbocycles. The number of fused-ring (bicyclic) bond motifs is 4. The summed E-state index contributed by atoms with van der Waals surface area (Å²) in [5, 5.41) is 4.19. The van der Waals surface area contributed by atoms with Gasteiger partial charge in [0.1, 0.15) is 36.9 Å². The quantitative estimate of drug-likeness (QED) is 0.0802. The van der Waals surface area contributed by atoms with Crippen molar-refractivity contribution in [2.45, 2.75) is 89.5 Å². The summed E-state index contributed by atoms with van der Waals surface area (Å²) >= 11 is 3.57. The highest BCUT2D eigenvalue weighted by Crippen LogP contribution is 2.39. The molecule has 0 amide bonds. The van der Waals surface area contributed by atoms with E-state index in [4.69, 9.17) is 28.9 Å². The molecule has 0 radical (unpaired) electrons. The minimum atomic E-state index is -1.05. The highest BCUT2D eigenvalue weighted by atomic mass is 32.1. The first kappa shape index (κ1) is 44.1. The number of carbonyl (C=O) groups excluding carboxylic acids is 2. The minimum absolute atomic E-state index is 0.0566. The number of nitrogens with one attached hydrogen (secondary N) is 2. The van der Waals surface area contributed by atoms with Crippen molar-refractivity contribution in [1.82, 2.24) is 29.7 Å². The van der Waals surface area contributed by atoms with Gasteiger partial charge in [0.05, 0.1) is 30.4 Å². The van der Waals surface area contributed by atoms with Gasteiger partial charge in [-0.1, -0.05) is 36.4 Å². The van der Waals surface area contributed by atoms with Crippen LogP contribution in [-0.2, 0) is 19.1 Å². The third-order valence-corrected chi connectivity index (χ3v) is 15.9. The fraction of sp³-hybridized carbons (Fsp3) is 0.385. The summed E-state index contributed by atoms with van der Waals surface area (Å²) in [7, 11) is 0. The Bertz CT molecular complexity index is 2790. The molecule has 66 heavy (non-hydrogen) atoms.